The summed E-state index contributed by atoms with van der Waals surface area (Å²) in [5, 5.41) is 3.24. The van der Waals surface area contributed by atoms with Crippen molar-refractivity contribution in [2.24, 2.45) is 0 Å². The predicted octanol–water partition coefficient (Wildman–Crippen LogP) is 1.07. The molecule has 1 saturated heterocycles. The third-order valence-corrected chi connectivity index (χ3v) is 4.95. The first-order valence-corrected chi connectivity index (χ1v) is 7.94. The normalized spacial score (nSPS) is 21.3. The third-order valence-electron chi connectivity index (χ3n) is 3.09. The van der Waals surface area contributed by atoms with E-state index in [0.717, 1.165) is 0 Å². The highest BCUT2D eigenvalue weighted by Gasteiger charge is 2.28. The standard InChI is InChI=1S/C13H20N2O3S/c1-3-18-12-5-4-6-13(9-12)19(16,17)15-8-7-14-11(2)10-15/h4-6,9,11,14H,3,7-8,10H2,1-2H3. The minimum absolute atomic E-state index is 0.179. The molecule has 1 aromatic carbocycles. The van der Waals surface area contributed by atoms with Gasteiger partial charge in [0.1, 0.15) is 5.75 Å². The zero-order valence-corrected chi connectivity index (χ0v) is 12.1. The predicted molar refractivity (Wildman–Crippen MR) is 73.8 cm³/mol. The third kappa shape index (κ3) is 3.26. The summed E-state index contributed by atoms with van der Waals surface area (Å²) in [6.45, 7) is 6.07. The van der Waals surface area contributed by atoms with Crippen LogP contribution in [-0.4, -0.2) is 45.0 Å². The van der Waals surface area contributed by atoms with Crippen molar-refractivity contribution < 1.29 is 13.2 Å². The van der Waals surface area contributed by atoms with Gasteiger partial charge in [-0.15, -0.1) is 0 Å². The van der Waals surface area contributed by atoms with E-state index < -0.39 is 10.0 Å². The van der Waals surface area contributed by atoms with Gasteiger partial charge < -0.3 is 10.1 Å². The Morgan fingerprint density at radius 1 is 1.47 bits per heavy atom. The maximum atomic E-state index is 12.5. The second-order valence-electron chi connectivity index (χ2n) is 4.63. The van der Waals surface area contributed by atoms with Gasteiger partial charge in [-0.2, -0.15) is 4.31 Å². The molecule has 106 valence electrons. The van der Waals surface area contributed by atoms with Crippen LogP contribution in [0.2, 0.25) is 0 Å². The molecular weight excluding hydrogens is 264 g/mol. The highest BCUT2D eigenvalue weighted by molar-refractivity contribution is 7.89. The highest BCUT2D eigenvalue weighted by atomic mass is 32.2. The van der Waals surface area contributed by atoms with Gasteiger partial charge in [0, 0.05) is 31.7 Å². The lowest BCUT2D eigenvalue weighted by atomic mass is 10.3. The molecular formula is C13H20N2O3S. The molecule has 1 aliphatic rings. The van der Waals surface area contributed by atoms with Crippen molar-refractivity contribution in [3.05, 3.63) is 24.3 Å². The second kappa shape index (κ2) is 5.90. The van der Waals surface area contributed by atoms with E-state index in [2.05, 4.69) is 5.32 Å². The molecule has 2 rings (SSSR count). The zero-order chi connectivity index (χ0) is 13.9. The quantitative estimate of drug-likeness (QED) is 0.898. The maximum absolute atomic E-state index is 12.5. The summed E-state index contributed by atoms with van der Waals surface area (Å²) < 4.78 is 31.9. The van der Waals surface area contributed by atoms with E-state index in [9.17, 15) is 8.42 Å². The molecule has 1 aromatic rings. The van der Waals surface area contributed by atoms with Crippen molar-refractivity contribution in [2.45, 2.75) is 24.8 Å². The van der Waals surface area contributed by atoms with E-state index in [4.69, 9.17) is 4.74 Å². The molecule has 1 atom stereocenters. The molecule has 0 aromatic heterocycles. The van der Waals surface area contributed by atoms with E-state index in [1.807, 2.05) is 13.8 Å². The van der Waals surface area contributed by atoms with Gasteiger partial charge in [0.2, 0.25) is 10.0 Å². The molecule has 1 unspecified atom stereocenters. The monoisotopic (exact) mass is 284 g/mol. The van der Waals surface area contributed by atoms with Crippen LogP contribution in [0.15, 0.2) is 29.2 Å². The smallest absolute Gasteiger partial charge is 0.243 e. The fourth-order valence-electron chi connectivity index (χ4n) is 2.16. The van der Waals surface area contributed by atoms with Crippen LogP contribution < -0.4 is 10.1 Å². The lowest BCUT2D eigenvalue weighted by Crippen LogP contribution is -2.51. The summed E-state index contributed by atoms with van der Waals surface area (Å²) >= 11 is 0. The van der Waals surface area contributed by atoms with Crippen LogP contribution in [-0.2, 0) is 10.0 Å². The van der Waals surface area contributed by atoms with Crippen molar-refractivity contribution in [3.8, 4) is 5.75 Å². The molecule has 5 nitrogen and oxygen atoms in total. The highest BCUT2D eigenvalue weighted by Crippen LogP contribution is 2.21. The Morgan fingerprint density at radius 2 is 2.26 bits per heavy atom. The topological polar surface area (TPSA) is 58.6 Å². The van der Waals surface area contributed by atoms with Crippen LogP contribution in [0.4, 0.5) is 0 Å². The Bertz CT molecular complexity index is 530. The maximum Gasteiger partial charge on any atom is 0.243 e. The molecule has 1 N–H and O–H groups in total. The summed E-state index contributed by atoms with van der Waals surface area (Å²) in [6, 6.07) is 6.86. The Labute approximate surface area is 114 Å². The van der Waals surface area contributed by atoms with Gasteiger partial charge in [0.05, 0.1) is 11.5 Å². The molecule has 1 heterocycles. The summed E-state index contributed by atoms with van der Waals surface area (Å²) in [6.07, 6.45) is 0. The van der Waals surface area contributed by atoms with Crippen LogP contribution in [0.1, 0.15) is 13.8 Å². The number of hydrogen-bond acceptors (Lipinski definition) is 4. The van der Waals surface area contributed by atoms with Crippen molar-refractivity contribution in [1.82, 2.24) is 9.62 Å². The van der Waals surface area contributed by atoms with Gasteiger partial charge in [0.25, 0.3) is 0 Å². The van der Waals surface area contributed by atoms with Gasteiger partial charge in [0.15, 0.2) is 0 Å². The lowest BCUT2D eigenvalue weighted by molar-refractivity contribution is 0.309. The lowest BCUT2D eigenvalue weighted by Gasteiger charge is -2.31. The van der Waals surface area contributed by atoms with Crippen molar-refractivity contribution >= 4 is 10.0 Å². The summed E-state index contributed by atoms with van der Waals surface area (Å²) in [5.41, 5.74) is 0. The molecule has 0 spiro atoms. The SMILES string of the molecule is CCOc1cccc(S(=O)(=O)N2CCNC(C)C2)c1. The molecule has 0 radical (unpaired) electrons. The molecule has 0 saturated carbocycles. The summed E-state index contributed by atoms with van der Waals surface area (Å²) in [5.74, 6) is 0.590. The first-order valence-electron chi connectivity index (χ1n) is 6.50. The van der Waals surface area contributed by atoms with E-state index in [1.165, 1.54) is 4.31 Å². The van der Waals surface area contributed by atoms with Gasteiger partial charge in [-0.1, -0.05) is 6.07 Å². The number of nitrogens with one attached hydrogen (secondary N) is 1. The Kier molecular flexibility index (Phi) is 4.44. The van der Waals surface area contributed by atoms with Crippen LogP contribution >= 0.6 is 0 Å². The zero-order valence-electron chi connectivity index (χ0n) is 11.3. The van der Waals surface area contributed by atoms with Gasteiger partial charge in [-0.3, -0.25) is 0 Å². The Hall–Kier alpha value is -1.11. The molecule has 0 aliphatic carbocycles. The molecule has 6 heteroatoms. The van der Waals surface area contributed by atoms with Crippen molar-refractivity contribution in [1.29, 1.82) is 0 Å². The number of piperazine rings is 1. The van der Waals surface area contributed by atoms with Crippen molar-refractivity contribution in [3.63, 3.8) is 0 Å². The Morgan fingerprint density at radius 3 is 2.95 bits per heavy atom. The average molecular weight is 284 g/mol. The largest absolute Gasteiger partial charge is 0.494 e. The number of rotatable bonds is 4. The first-order chi connectivity index (χ1) is 9.04. The van der Waals surface area contributed by atoms with Gasteiger partial charge >= 0.3 is 0 Å². The number of sulfonamides is 1. The molecule has 19 heavy (non-hydrogen) atoms. The Balaban J connectivity index is 2.25. The van der Waals surface area contributed by atoms with Crippen LogP contribution in [0, 0.1) is 0 Å². The van der Waals surface area contributed by atoms with Crippen molar-refractivity contribution in [2.75, 3.05) is 26.2 Å². The van der Waals surface area contributed by atoms with Gasteiger partial charge in [-0.25, -0.2) is 8.42 Å². The fourth-order valence-corrected chi connectivity index (χ4v) is 3.72. The average Bonchev–Trinajstić information content (AvgIpc) is 2.39. The number of benzene rings is 1. The minimum atomic E-state index is -3.42. The van der Waals surface area contributed by atoms with E-state index in [1.54, 1.807) is 24.3 Å². The number of hydrogen-bond donors (Lipinski definition) is 1. The molecule has 0 amide bonds. The first kappa shape index (κ1) is 14.3. The van der Waals surface area contributed by atoms with Crippen LogP contribution in [0.25, 0.3) is 0 Å². The molecule has 1 fully saturated rings. The van der Waals surface area contributed by atoms with Crippen LogP contribution in [0.5, 0.6) is 5.75 Å². The fraction of sp³-hybridized carbons (Fsp3) is 0.538. The molecule has 1 aliphatic heterocycles. The van der Waals surface area contributed by atoms with E-state index in [0.29, 0.717) is 36.9 Å². The molecule has 0 bridgehead atoms. The van der Waals surface area contributed by atoms with Crippen LogP contribution in [0.3, 0.4) is 0 Å². The summed E-state index contributed by atoms with van der Waals surface area (Å²) in [4.78, 5) is 0.299. The second-order valence-corrected chi connectivity index (χ2v) is 6.56. The van der Waals surface area contributed by atoms with E-state index in [-0.39, 0.29) is 6.04 Å². The van der Waals surface area contributed by atoms with Gasteiger partial charge in [-0.05, 0) is 26.0 Å². The minimum Gasteiger partial charge on any atom is -0.494 e. The number of nitrogens with zero attached hydrogens (tertiary/aromatic N) is 1. The van der Waals surface area contributed by atoms with E-state index >= 15 is 0 Å². The summed E-state index contributed by atoms with van der Waals surface area (Å²) in [7, 11) is -3.42. The number of ether oxygens (including phenoxy) is 1.